The lowest BCUT2D eigenvalue weighted by molar-refractivity contribution is 0.339. The number of nitrogens with two attached hydrogens (primary N) is 1. The maximum Gasteiger partial charge on any atom is 0.181 e. The van der Waals surface area contributed by atoms with Gasteiger partial charge in [0.25, 0.3) is 0 Å². The van der Waals surface area contributed by atoms with Gasteiger partial charge in [0.1, 0.15) is 5.75 Å². The lowest BCUT2D eigenvalue weighted by Crippen LogP contribution is -2.03. The van der Waals surface area contributed by atoms with Crippen molar-refractivity contribution >= 4 is 28.2 Å². The Morgan fingerprint density at radius 2 is 2.33 bits per heavy atom. The summed E-state index contributed by atoms with van der Waals surface area (Å²) in [6.07, 6.45) is 0. The summed E-state index contributed by atoms with van der Waals surface area (Å²) in [5.74, 6) is 2.51. The molecular weight excluding hydrogens is 264 g/mol. The number of hydrogen-bond donors (Lipinski definition) is 1. The van der Waals surface area contributed by atoms with Crippen LogP contribution in [0, 0.1) is 6.92 Å². The normalized spacial score (nSPS) is 17.5. The number of thioether (sulfide) groups is 1. The van der Waals surface area contributed by atoms with E-state index in [9.17, 15) is 0 Å². The highest BCUT2D eigenvalue weighted by atomic mass is 32.2. The second-order valence-electron chi connectivity index (χ2n) is 4.28. The molecule has 0 spiro atoms. The van der Waals surface area contributed by atoms with Crippen LogP contribution in [-0.4, -0.2) is 17.3 Å². The molecule has 1 unspecified atom stereocenters. The highest BCUT2D eigenvalue weighted by Crippen LogP contribution is 2.39. The summed E-state index contributed by atoms with van der Waals surface area (Å²) in [6.45, 7) is 2.79. The first-order chi connectivity index (χ1) is 8.74. The number of benzene rings is 1. The molecule has 1 aliphatic heterocycles. The minimum atomic E-state index is 0.467. The molecular formula is C13H14N2OS2. The van der Waals surface area contributed by atoms with Crippen molar-refractivity contribution in [3.8, 4) is 5.75 Å². The number of hydrogen-bond acceptors (Lipinski definition) is 5. The Morgan fingerprint density at radius 3 is 3.11 bits per heavy atom. The van der Waals surface area contributed by atoms with E-state index in [1.165, 1.54) is 9.77 Å². The predicted octanol–water partition coefficient (Wildman–Crippen LogP) is 3.30. The van der Waals surface area contributed by atoms with Gasteiger partial charge in [-0.2, -0.15) is 0 Å². The Hall–Kier alpha value is -1.20. The molecule has 3 rings (SSSR count). The summed E-state index contributed by atoms with van der Waals surface area (Å²) in [5.41, 5.74) is 8.07. The number of fused-ring (bicyclic) bond motifs is 1. The number of rotatable bonds is 3. The van der Waals surface area contributed by atoms with Crippen LogP contribution in [0.25, 0.3) is 0 Å². The fourth-order valence-corrected chi connectivity index (χ4v) is 4.22. The van der Waals surface area contributed by atoms with Gasteiger partial charge in [-0.1, -0.05) is 29.5 Å². The van der Waals surface area contributed by atoms with Crippen molar-refractivity contribution in [3.05, 3.63) is 35.5 Å². The van der Waals surface area contributed by atoms with E-state index in [0.29, 0.717) is 11.0 Å². The zero-order valence-corrected chi connectivity index (χ0v) is 11.7. The first-order valence-corrected chi connectivity index (χ1v) is 7.61. The fourth-order valence-electron chi connectivity index (χ4n) is 2.08. The second kappa shape index (κ2) is 4.82. The predicted molar refractivity (Wildman–Crippen MR) is 76.7 cm³/mol. The maximum atomic E-state index is 5.71. The smallest absolute Gasteiger partial charge is 0.181 e. The van der Waals surface area contributed by atoms with Crippen molar-refractivity contribution in [1.29, 1.82) is 0 Å². The molecule has 1 atom stereocenters. The third-order valence-electron chi connectivity index (χ3n) is 2.99. The number of aromatic nitrogens is 1. The number of nitrogens with zero attached hydrogens (tertiary/aromatic N) is 1. The lowest BCUT2D eigenvalue weighted by atomic mass is 10.0. The molecule has 94 valence electrons. The quantitative estimate of drug-likeness (QED) is 0.875. The van der Waals surface area contributed by atoms with Gasteiger partial charge in [0.05, 0.1) is 16.5 Å². The van der Waals surface area contributed by atoms with Gasteiger partial charge in [0, 0.05) is 17.2 Å². The monoisotopic (exact) mass is 278 g/mol. The van der Waals surface area contributed by atoms with Gasteiger partial charge >= 0.3 is 0 Å². The molecule has 0 saturated heterocycles. The van der Waals surface area contributed by atoms with Crippen LogP contribution < -0.4 is 10.5 Å². The molecule has 0 amide bonds. The van der Waals surface area contributed by atoms with Crippen LogP contribution in [-0.2, 0) is 0 Å². The largest absolute Gasteiger partial charge is 0.493 e. The summed E-state index contributed by atoms with van der Waals surface area (Å²) >= 11 is 3.39. The van der Waals surface area contributed by atoms with Crippen molar-refractivity contribution in [2.24, 2.45) is 0 Å². The van der Waals surface area contributed by atoms with E-state index in [1.54, 1.807) is 11.3 Å². The van der Waals surface area contributed by atoms with Crippen molar-refractivity contribution in [1.82, 2.24) is 4.98 Å². The van der Waals surface area contributed by atoms with E-state index in [-0.39, 0.29) is 0 Å². The molecule has 2 N–H and O–H groups in total. The van der Waals surface area contributed by atoms with Gasteiger partial charge in [-0.3, -0.25) is 0 Å². The van der Waals surface area contributed by atoms with Gasteiger partial charge < -0.3 is 10.5 Å². The zero-order valence-electron chi connectivity index (χ0n) is 10.1. The maximum absolute atomic E-state index is 5.71. The Balaban J connectivity index is 1.70. The first-order valence-electron chi connectivity index (χ1n) is 5.81. The van der Waals surface area contributed by atoms with Gasteiger partial charge in [0.2, 0.25) is 0 Å². The Kier molecular flexibility index (Phi) is 3.18. The van der Waals surface area contributed by atoms with Crippen molar-refractivity contribution in [3.63, 3.8) is 0 Å². The number of para-hydroxylation sites is 1. The van der Waals surface area contributed by atoms with Crippen LogP contribution >= 0.6 is 23.1 Å². The average molecular weight is 278 g/mol. The summed E-state index contributed by atoms with van der Waals surface area (Å²) in [4.78, 5) is 4.24. The average Bonchev–Trinajstić information content (AvgIpc) is 2.90. The Bertz CT molecular complexity index is 568. The Morgan fingerprint density at radius 1 is 1.50 bits per heavy atom. The molecule has 1 aromatic heterocycles. The molecule has 5 heteroatoms. The highest BCUT2D eigenvalue weighted by Gasteiger charge is 2.24. The number of nitrogen functional groups attached to an aromatic ring is 1. The third kappa shape index (κ3) is 2.20. The van der Waals surface area contributed by atoms with Crippen LogP contribution in [0.2, 0.25) is 0 Å². The van der Waals surface area contributed by atoms with Crippen molar-refractivity contribution < 1.29 is 4.74 Å². The van der Waals surface area contributed by atoms with E-state index in [0.717, 1.165) is 23.8 Å². The summed E-state index contributed by atoms with van der Waals surface area (Å²) in [7, 11) is 0. The van der Waals surface area contributed by atoms with E-state index in [4.69, 9.17) is 10.5 Å². The first kappa shape index (κ1) is 11.9. The molecule has 0 fully saturated rings. The van der Waals surface area contributed by atoms with Gasteiger partial charge in [0.15, 0.2) is 5.13 Å². The van der Waals surface area contributed by atoms with Crippen molar-refractivity contribution in [2.75, 3.05) is 18.1 Å². The summed E-state index contributed by atoms with van der Waals surface area (Å²) < 4.78 is 6.90. The molecule has 0 bridgehead atoms. The number of aryl methyl sites for hydroxylation is 1. The molecule has 18 heavy (non-hydrogen) atoms. The fraction of sp³-hybridized carbons (Fsp3) is 0.308. The second-order valence-corrected chi connectivity index (χ2v) is 6.60. The zero-order chi connectivity index (χ0) is 12.5. The van der Waals surface area contributed by atoms with Crippen LogP contribution in [0.5, 0.6) is 5.75 Å². The summed E-state index contributed by atoms with van der Waals surface area (Å²) in [5, 5.41) is 0.651. The van der Waals surface area contributed by atoms with Crippen molar-refractivity contribution in [2.45, 2.75) is 17.1 Å². The van der Waals surface area contributed by atoms with E-state index >= 15 is 0 Å². The van der Waals surface area contributed by atoms with Gasteiger partial charge in [-0.05, 0) is 13.0 Å². The minimum absolute atomic E-state index is 0.467. The molecule has 0 aliphatic carbocycles. The minimum Gasteiger partial charge on any atom is -0.493 e. The molecule has 0 radical (unpaired) electrons. The number of anilines is 1. The highest BCUT2D eigenvalue weighted by molar-refractivity contribution is 8.01. The van der Waals surface area contributed by atoms with E-state index < -0.39 is 0 Å². The molecule has 1 aliphatic rings. The number of thiazole rings is 1. The molecule has 2 heterocycles. The van der Waals surface area contributed by atoms with Gasteiger partial charge in [-0.25, -0.2) is 4.98 Å². The van der Waals surface area contributed by atoms with Crippen LogP contribution in [0.15, 0.2) is 28.5 Å². The molecule has 1 aromatic carbocycles. The molecule has 3 nitrogen and oxygen atoms in total. The van der Waals surface area contributed by atoms with Crippen LogP contribution in [0.3, 0.4) is 0 Å². The topological polar surface area (TPSA) is 48.1 Å². The number of ether oxygens (including phenoxy) is 1. The summed E-state index contributed by atoms with van der Waals surface area (Å²) in [6, 6.07) is 8.28. The molecule has 0 saturated carbocycles. The third-order valence-corrected chi connectivity index (χ3v) is 5.50. The Labute approximate surface area is 114 Å². The lowest BCUT2D eigenvalue weighted by Gasteiger charge is -2.07. The standard InChI is InChI=1S/C13H14N2OS2/c1-8-12(18-13(14)15-8)17-7-9-6-16-11-5-3-2-4-10(9)11/h2-5,9H,6-7H2,1H3,(H2,14,15). The van der Waals surface area contributed by atoms with E-state index in [2.05, 4.69) is 17.1 Å². The van der Waals surface area contributed by atoms with Crippen LogP contribution in [0.4, 0.5) is 5.13 Å². The SMILES string of the molecule is Cc1nc(N)sc1SCC1COc2ccccc21. The molecule has 2 aromatic rings. The van der Waals surface area contributed by atoms with E-state index in [1.807, 2.05) is 30.8 Å². The van der Waals surface area contributed by atoms with Gasteiger partial charge in [-0.15, -0.1) is 11.8 Å². The van der Waals surface area contributed by atoms with Crippen LogP contribution in [0.1, 0.15) is 17.2 Å².